The molecular formula is C17H22ClNO. The van der Waals surface area contributed by atoms with Gasteiger partial charge in [-0.15, -0.1) is 12.4 Å². The van der Waals surface area contributed by atoms with Crippen molar-refractivity contribution in [2.45, 2.75) is 6.10 Å². The van der Waals surface area contributed by atoms with Gasteiger partial charge in [-0.05, 0) is 25.1 Å². The normalized spacial score (nSPS) is 15.1. The van der Waals surface area contributed by atoms with Gasteiger partial charge in [-0.3, -0.25) is 0 Å². The van der Waals surface area contributed by atoms with E-state index >= 15 is 0 Å². The zero-order valence-electron chi connectivity index (χ0n) is 16.1. The van der Waals surface area contributed by atoms with E-state index in [0.717, 1.165) is 16.0 Å². The minimum absolute atomic E-state index is 0. The molecule has 2 aromatic carbocycles. The van der Waals surface area contributed by atoms with Gasteiger partial charge in [0.05, 0.1) is 6.61 Å². The second kappa shape index (κ2) is 8.75. The van der Waals surface area contributed by atoms with Crippen LogP contribution in [0.5, 0.6) is 0 Å². The lowest BCUT2D eigenvalue weighted by Gasteiger charge is -2.20. The summed E-state index contributed by atoms with van der Waals surface area (Å²) in [5.74, 6) is 0. The van der Waals surface area contributed by atoms with Crippen LogP contribution in [0.15, 0.2) is 60.7 Å². The molecule has 0 bridgehead atoms. The molecule has 2 rings (SSSR count). The smallest absolute Gasteiger partial charge is 0.108 e. The zero-order valence-corrected chi connectivity index (χ0v) is 11.9. The molecule has 0 aliphatic heterocycles. The third-order valence-corrected chi connectivity index (χ3v) is 2.82. The van der Waals surface area contributed by atoms with Crippen LogP contribution in [-0.2, 0) is 4.74 Å². The largest absolute Gasteiger partial charge is 0.367 e. The zero-order chi connectivity index (χ0) is 17.6. The molecule has 2 nitrogen and oxygen atoms in total. The van der Waals surface area contributed by atoms with Gasteiger partial charge in [0.25, 0.3) is 0 Å². The van der Waals surface area contributed by atoms with Gasteiger partial charge < -0.3 is 9.64 Å². The number of hydrogen-bond acceptors (Lipinski definition) is 2. The molecule has 0 aliphatic rings. The molecule has 0 saturated carbocycles. The standard InChI is InChI=1S/C17H21NO.ClH/c1-18(2)13-14-19-17(15-9-5-3-6-10-15)16-11-7-4-8-12-16;/h3-12,17H,13-14H2,1-2H3;1H/i1D2,2D3;. The highest BCUT2D eigenvalue weighted by atomic mass is 35.5. The molecule has 108 valence electrons. The van der Waals surface area contributed by atoms with Crippen molar-refractivity contribution in [2.75, 3.05) is 27.1 Å². The fourth-order valence-electron chi connectivity index (χ4n) is 1.91. The van der Waals surface area contributed by atoms with Gasteiger partial charge in [-0.25, -0.2) is 0 Å². The Hall–Kier alpha value is -1.35. The molecule has 0 atom stereocenters. The van der Waals surface area contributed by atoms with Crippen molar-refractivity contribution in [2.24, 2.45) is 0 Å². The van der Waals surface area contributed by atoms with E-state index in [1.165, 1.54) is 0 Å². The predicted molar refractivity (Wildman–Crippen MR) is 86.5 cm³/mol. The minimum atomic E-state index is -2.48. The Labute approximate surface area is 134 Å². The quantitative estimate of drug-likeness (QED) is 0.804. The third kappa shape index (κ3) is 4.97. The van der Waals surface area contributed by atoms with Crippen molar-refractivity contribution < 1.29 is 11.6 Å². The van der Waals surface area contributed by atoms with Crippen LogP contribution in [0.4, 0.5) is 0 Å². The number of halogens is 1. The summed E-state index contributed by atoms with van der Waals surface area (Å²) in [5, 5.41) is 0. The van der Waals surface area contributed by atoms with Crippen molar-refractivity contribution in [3.05, 3.63) is 71.8 Å². The van der Waals surface area contributed by atoms with Crippen LogP contribution in [0.1, 0.15) is 24.1 Å². The van der Waals surface area contributed by atoms with Crippen molar-refractivity contribution in [1.82, 2.24) is 4.90 Å². The molecule has 0 fully saturated rings. The van der Waals surface area contributed by atoms with Crippen LogP contribution in [0.3, 0.4) is 0 Å². The van der Waals surface area contributed by atoms with E-state index in [1.807, 2.05) is 60.7 Å². The number of hydrogen-bond donors (Lipinski definition) is 0. The van der Waals surface area contributed by atoms with Crippen molar-refractivity contribution in [1.29, 1.82) is 0 Å². The van der Waals surface area contributed by atoms with E-state index < -0.39 is 14.0 Å². The molecule has 0 aromatic heterocycles. The highest BCUT2D eigenvalue weighted by molar-refractivity contribution is 5.85. The van der Waals surface area contributed by atoms with Gasteiger partial charge in [0, 0.05) is 13.4 Å². The van der Waals surface area contributed by atoms with E-state index in [-0.39, 0.29) is 31.7 Å². The molecule has 0 unspecified atom stereocenters. The summed E-state index contributed by atoms with van der Waals surface area (Å²) in [4.78, 5) is 0.819. The first-order chi connectivity index (χ1) is 11.4. The monoisotopic (exact) mass is 296 g/mol. The first-order valence-electron chi connectivity index (χ1n) is 8.88. The van der Waals surface area contributed by atoms with E-state index in [4.69, 9.17) is 11.6 Å². The Morgan fingerprint density at radius 2 is 1.55 bits per heavy atom. The molecule has 2 aromatic rings. The van der Waals surface area contributed by atoms with Gasteiger partial charge in [0.15, 0.2) is 0 Å². The molecule has 0 aliphatic carbocycles. The van der Waals surface area contributed by atoms with Gasteiger partial charge in [-0.2, -0.15) is 0 Å². The fourth-order valence-corrected chi connectivity index (χ4v) is 1.91. The van der Waals surface area contributed by atoms with Crippen LogP contribution >= 0.6 is 12.4 Å². The maximum absolute atomic E-state index is 7.40. The van der Waals surface area contributed by atoms with Crippen LogP contribution < -0.4 is 0 Å². The predicted octanol–water partition coefficient (Wildman–Crippen LogP) is 3.78. The van der Waals surface area contributed by atoms with Gasteiger partial charge >= 0.3 is 0 Å². The maximum Gasteiger partial charge on any atom is 0.108 e. The van der Waals surface area contributed by atoms with Gasteiger partial charge in [0.1, 0.15) is 6.10 Å². The van der Waals surface area contributed by atoms with Crippen molar-refractivity contribution >= 4 is 12.4 Å². The summed E-state index contributed by atoms with van der Waals surface area (Å²) in [6.07, 6.45) is -0.319. The van der Waals surface area contributed by atoms with E-state index in [1.54, 1.807) is 0 Å². The Bertz CT molecular complexity index is 570. The Balaban J connectivity index is 0.00000312. The molecule has 20 heavy (non-hydrogen) atoms. The first kappa shape index (κ1) is 10.4. The first-order valence-corrected chi connectivity index (χ1v) is 6.22. The number of rotatable bonds is 6. The Morgan fingerprint density at radius 3 is 2.00 bits per heavy atom. The van der Waals surface area contributed by atoms with Crippen LogP contribution in [-0.4, -0.2) is 32.0 Å². The van der Waals surface area contributed by atoms with Crippen LogP contribution in [0.2, 0.25) is 0 Å². The third-order valence-electron chi connectivity index (χ3n) is 2.82. The summed E-state index contributed by atoms with van der Waals surface area (Å²) in [5.41, 5.74) is 1.94. The number of ether oxygens (including phenoxy) is 1. The lowest BCUT2D eigenvalue weighted by Crippen LogP contribution is -2.20. The summed E-state index contributed by atoms with van der Waals surface area (Å²) in [6, 6.07) is 19.4. The fraction of sp³-hybridized carbons (Fsp3) is 0.294. The number of likely N-dealkylation sites (N-methyl/N-ethyl adjacent to an activating group) is 1. The maximum atomic E-state index is 7.40. The average Bonchev–Trinajstić information content (AvgIpc) is 2.55. The summed E-state index contributed by atoms with van der Waals surface area (Å²) < 4.78 is 42.9. The average molecular weight is 297 g/mol. The molecule has 0 amide bonds. The van der Waals surface area contributed by atoms with Crippen molar-refractivity contribution in [3.8, 4) is 0 Å². The number of benzene rings is 2. The van der Waals surface area contributed by atoms with E-state index in [2.05, 4.69) is 0 Å². The highest BCUT2D eigenvalue weighted by Crippen LogP contribution is 2.25. The van der Waals surface area contributed by atoms with E-state index in [0.29, 0.717) is 0 Å². The summed E-state index contributed by atoms with van der Waals surface area (Å²) >= 11 is 0. The Kier molecular flexibility index (Phi) is 4.54. The summed E-state index contributed by atoms with van der Waals surface area (Å²) in [7, 11) is 0. The topological polar surface area (TPSA) is 12.5 Å². The van der Waals surface area contributed by atoms with Crippen LogP contribution in [0, 0.1) is 0 Å². The molecule has 0 heterocycles. The van der Waals surface area contributed by atoms with Crippen molar-refractivity contribution in [3.63, 3.8) is 0 Å². The lowest BCUT2D eigenvalue weighted by atomic mass is 10.0. The SMILES string of the molecule is Cl.[2H]C([2H])N(CCOC(c1ccccc1)c1ccccc1)C([2H])([2H])[2H]. The Morgan fingerprint density at radius 1 is 1.00 bits per heavy atom. The van der Waals surface area contributed by atoms with Gasteiger partial charge in [-0.1, -0.05) is 60.7 Å². The summed E-state index contributed by atoms with van der Waals surface area (Å²) in [6.45, 7) is -3.94. The molecule has 3 heteroatoms. The molecule has 0 saturated heterocycles. The molecule has 0 radical (unpaired) electrons. The minimum Gasteiger partial charge on any atom is -0.367 e. The second-order valence-electron chi connectivity index (χ2n) is 4.27. The van der Waals surface area contributed by atoms with Gasteiger partial charge in [0.2, 0.25) is 0 Å². The lowest BCUT2D eigenvalue weighted by molar-refractivity contribution is 0.0687. The molecular weight excluding hydrogens is 270 g/mol. The highest BCUT2D eigenvalue weighted by Gasteiger charge is 2.13. The molecule has 0 N–H and O–H groups in total. The molecule has 0 spiro atoms. The number of nitrogens with zero attached hydrogens (tertiary/aromatic N) is 1. The second-order valence-corrected chi connectivity index (χ2v) is 4.27. The van der Waals surface area contributed by atoms with Crippen LogP contribution in [0.25, 0.3) is 0 Å². The van der Waals surface area contributed by atoms with E-state index in [9.17, 15) is 0 Å².